The highest BCUT2D eigenvalue weighted by Gasteiger charge is 2.26. The van der Waals surface area contributed by atoms with Gasteiger partial charge in [-0.05, 0) is 73.6 Å². The largest absolute Gasteiger partial charge is 0.349 e. The number of halogens is 2. The Morgan fingerprint density at radius 2 is 1.47 bits per heavy atom. The number of amides is 2. The molecule has 0 spiro atoms. The Kier molecular flexibility index (Phi) is 8.08. The topological polar surface area (TPSA) is 100 Å². The monoisotopic (exact) mass is 580 g/mol. The number of benzene rings is 2. The van der Waals surface area contributed by atoms with Crippen molar-refractivity contribution in [3.8, 4) is 0 Å². The SMILES string of the molecule is O=C(N[C@H]1CC[C@@H](NC(=O)c2cc(F)cnc2Nc2ccc(Cc3ccccc3)cc2)CC1)c1cn2cc(F)ccc2n1. The number of carbonyl (C=O) groups excluding carboxylic acids is 2. The van der Waals surface area contributed by atoms with Crippen molar-refractivity contribution in [3.05, 3.63) is 125 Å². The van der Waals surface area contributed by atoms with Gasteiger partial charge in [0.15, 0.2) is 0 Å². The second-order valence-corrected chi connectivity index (χ2v) is 10.8. The van der Waals surface area contributed by atoms with Crippen LogP contribution in [0.2, 0.25) is 0 Å². The van der Waals surface area contributed by atoms with Crippen molar-refractivity contribution in [2.45, 2.75) is 44.2 Å². The molecule has 1 aliphatic rings. The van der Waals surface area contributed by atoms with E-state index in [1.54, 1.807) is 0 Å². The fourth-order valence-corrected chi connectivity index (χ4v) is 5.36. The lowest BCUT2D eigenvalue weighted by molar-refractivity contribution is 0.0889. The summed E-state index contributed by atoms with van der Waals surface area (Å²) in [5.74, 6) is -1.49. The molecular formula is C33H30F2N6O2. The molecule has 0 radical (unpaired) electrons. The Morgan fingerprint density at radius 1 is 0.791 bits per heavy atom. The van der Waals surface area contributed by atoms with Gasteiger partial charge in [0.1, 0.15) is 28.8 Å². The molecule has 3 aromatic heterocycles. The van der Waals surface area contributed by atoms with Crippen LogP contribution < -0.4 is 16.0 Å². The molecule has 218 valence electrons. The van der Waals surface area contributed by atoms with E-state index in [0.29, 0.717) is 31.3 Å². The lowest BCUT2D eigenvalue weighted by Gasteiger charge is -2.29. The van der Waals surface area contributed by atoms with Crippen LogP contribution in [0.5, 0.6) is 0 Å². The predicted octanol–water partition coefficient (Wildman–Crippen LogP) is 5.81. The first kappa shape index (κ1) is 28.0. The lowest BCUT2D eigenvalue weighted by atomic mass is 9.91. The van der Waals surface area contributed by atoms with Crippen LogP contribution in [0.3, 0.4) is 0 Å². The lowest BCUT2D eigenvalue weighted by Crippen LogP contribution is -2.44. The molecule has 0 aliphatic heterocycles. The van der Waals surface area contributed by atoms with Gasteiger partial charge in [0.25, 0.3) is 11.8 Å². The zero-order valence-corrected chi connectivity index (χ0v) is 23.3. The van der Waals surface area contributed by atoms with Crippen LogP contribution in [0.1, 0.15) is 57.7 Å². The molecule has 1 saturated carbocycles. The molecule has 3 heterocycles. The summed E-state index contributed by atoms with van der Waals surface area (Å²) in [6.45, 7) is 0. The standard InChI is InChI=1S/C33H30F2N6O2/c34-23-8-15-30-40-29(20-41(30)19-23)33(43)39-27-13-11-26(12-14-27)38-32(42)28-17-24(35)18-36-31(28)37-25-9-6-22(7-10-25)16-21-4-2-1-3-5-21/h1-10,15,17-20,26-27H,11-14,16H2,(H,36,37)(H,38,42)(H,39,43)/t26-,27+. The van der Waals surface area contributed by atoms with Gasteiger partial charge < -0.3 is 20.4 Å². The fourth-order valence-electron chi connectivity index (χ4n) is 5.36. The average molecular weight is 581 g/mol. The minimum absolute atomic E-state index is 0.0832. The van der Waals surface area contributed by atoms with Gasteiger partial charge in [0.2, 0.25) is 0 Å². The number of pyridine rings is 2. The van der Waals surface area contributed by atoms with Crippen LogP contribution in [-0.2, 0) is 6.42 Å². The van der Waals surface area contributed by atoms with E-state index < -0.39 is 17.5 Å². The quantitative estimate of drug-likeness (QED) is 0.215. The summed E-state index contributed by atoms with van der Waals surface area (Å²) in [4.78, 5) is 34.4. The van der Waals surface area contributed by atoms with Crippen LogP contribution in [0.4, 0.5) is 20.3 Å². The summed E-state index contributed by atoms with van der Waals surface area (Å²) in [5.41, 5.74) is 3.90. The number of aromatic nitrogens is 3. The van der Waals surface area contributed by atoms with Crippen molar-refractivity contribution in [2.75, 3.05) is 5.32 Å². The van der Waals surface area contributed by atoms with E-state index in [4.69, 9.17) is 0 Å². The molecule has 43 heavy (non-hydrogen) atoms. The van der Waals surface area contributed by atoms with Gasteiger partial charge in [-0.1, -0.05) is 42.5 Å². The third-order valence-corrected chi connectivity index (χ3v) is 7.61. The fraction of sp³-hybridized carbons (Fsp3) is 0.212. The third-order valence-electron chi connectivity index (χ3n) is 7.61. The van der Waals surface area contributed by atoms with E-state index in [0.717, 1.165) is 23.9 Å². The van der Waals surface area contributed by atoms with E-state index in [2.05, 4.69) is 38.1 Å². The van der Waals surface area contributed by atoms with Crippen molar-refractivity contribution in [2.24, 2.45) is 0 Å². The first-order valence-corrected chi connectivity index (χ1v) is 14.2. The summed E-state index contributed by atoms with van der Waals surface area (Å²) in [5, 5.41) is 9.14. The summed E-state index contributed by atoms with van der Waals surface area (Å²) >= 11 is 0. The normalized spacial score (nSPS) is 16.5. The molecule has 5 aromatic rings. The summed E-state index contributed by atoms with van der Waals surface area (Å²) in [6, 6.07) is 21.8. The molecule has 0 bridgehead atoms. The molecule has 0 atom stereocenters. The number of anilines is 2. The third kappa shape index (κ3) is 6.86. The van der Waals surface area contributed by atoms with Gasteiger partial charge in [0, 0.05) is 30.2 Å². The molecule has 6 rings (SSSR count). The zero-order valence-electron chi connectivity index (χ0n) is 23.3. The van der Waals surface area contributed by atoms with E-state index in [1.165, 1.54) is 40.6 Å². The van der Waals surface area contributed by atoms with Gasteiger partial charge in [-0.2, -0.15) is 0 Å². The van der Waals surface area contributed by atoms with Gasteiger partial charge >= 0.3 is 0 Å². The van der Waals surface area contributed by atoms with E-state index in [1.807, 2.05) is 42.5 Å². The van der Waals surface area contributed by atoms with Crippen LogP contribution >= 0.6 is 0 Å². The zero-order chi connectivity index (χ0) is 29.8. The first-order valence-electron chi connectivity index (χ1n) is 14.2. The van der Waals surface area contributed by atoms with Crippen molar-refractivity contribution >= 4 is 29.0 Å². The molecule has 1 fully saturated rings. The number of hydrogen-bond acceptors (Lipinski definition) is 5. The van der Waals surface area contributed by atoms with Crippen molar-refractivity contribution in [1.82, 2.24) is 25.0 Å². The Bertz CT molecular complexity index is 1750. The Morgan fingerprint density at radius 3 is 2.19 bits per heavy atom. The van der Waals surface area contributed by atoms with Crippen LogP contribution in [0.25, 0.3) is 5.65 Å². The van der Waals surface area contributed by atoms with Crippen molar-refractivity contribution < 1.29 is 18.4 Å². The van der Waals surface area contributed by atoms with E-state index >= 15 is 0 Å². The van der Waals surface area contributed by atoms with Crippen LogP contribution in [-0.4, -0.2) is 38.3 Å². The number of carbonyl (C=O) groups is 2. The van der Waals surface area contributed by atoms with E-state index in [-0.39, 0.29) is 35.1 Å². The van der Waals surface area contributed by atoms with Crippen LogP contribution in [0, 0.1) is 11.6 Å². The van der Waals surface area contributed by atoms with E-state index in [9.17, 15) is 18.4 Å². The summed E-state index contributed by atoms with van der Waals surface area (Å²) < 4.78 is 29.1. The Hall–Kier alpha value is -5.12. The average Bonchev–Trinajstić information content (AvgIpc) is 3.44. The van der Waals surface area contributed by atoms with Gasteiger partial charge in [-0.25, -0.2) is 18.7 Å². The highest BCUT2D eigenvalue weighted by molar-refractivity contribution is 5.99. The number of fused-ring (bicyclic) bond motifs is 1. The van der Waals surface area contributed by atoms with Gasteiger partial charge in [-0.3, -0.25) is 9.59 Å². The molecule has 2 aromatic carbocycles. The molecule has 1 aliphatic carbocycles. The maximum absolute atomic E-state index is 14.1. The molecule has 2 amide bonds. The molecule has 3 N–H and O–H groups in total. The number of rotatable bonds is 8. The molecule has 8 nitrogen and oxygen atoms in total. The second kappa shape index (κ2) is 12.4. The maximum atomic E-state index is 14.1. The number of nitrogens with zero attached hydrogens (tertiary/aromatic N) is 3. The molecule has 0 unspecified atom stereocenters. The number of nitrogens with one attached hydrogen (secondary N) is 3. The maximum Gasteiger partial charge on any atom is 0.271 e. The Labute approximate surface area is 247 Å². The highest BCUT2D eigenvalue weighted by atomic mass is 19.1. The first-order chi connectivity index (χ1) is 20.9. The Balaban J connectivity index is 1.04. The highest BCUT2D eigenvalue weighted by Crippen LogP contribution is 2.23. The minimum atomic E-state index is -0.602. The summed E-state index contributed by atoms with van der Waals surface area (Å²) in [7, 11) is 0. The number of hydrogen-bond donors (Lipinski definition) is 3. The molecule has 0 saturated heterocycles. The van der Waals surface area contributed by atoms with Gasteiger partial charge in [0.05, 0.1) is 11.8 Å². The summed E-state index contributed by atoms with van der Waals surface area (Å²) in [6.07, 6.45) is 7.24. The van der Waals surface area contributed by atoms with Crippen molar-refractivity contribution in [3.63, 3.8) is 0 Å². The van der Waals surface area contributed by atoms with Crippen molar-refractivity contribution in [1.29, 1.82) is 0 Å². The predicted molar refractivity (Wildman–Crippen MR) is 159 cm³/mol. The van der Waals surface area contributed by atoms with Gasteiger partial charge in [-0.15, -0.1) is 0 Å². The smallest absolute Gasteiger partial charge is 0.271 e. The second-order valence-electron chi connectivity index (χ2n) is 10.8. The minimum Gasteiger partial charge on any atom is -0.349 e. The molecular weight excluding hydrogens is 550 g/mol. The number of imidazole rings is 1. The molecule has 10 heteroatoms. The van der Waals surface area contributed by atoms with Crippen LogP contribution in [0.15, 0.2) is 91.4 Å².